The molecule has 3 N–H and O–H groups in total. The van der Waals surface area contributed by atoms with Crippen LogP contribution in [0.25, 0.3) is 22.3 Å². The Hall–Kier alpha value is -3.43. The molecular formula is C24H23N3O6. The summed E-state index contributed by atoms with van der Waals surface area (Å²) >= 11 is 0. The molecule has 0 saturated carbocycles. The number of aryl methyl sites for hydroxylation is 1. The lowest BCUT2D eigenvalue weighted by Gasteiger charge is -2.31. The Balaban J connectivity index is 1.63. The number of pyridine rings is 2. The van der Waals surface area contributed by atoms with Gasteiger partial charge in [0.25, 0.3) is 5.56 Å². The van der Waals surface area contributed by atoms with E-state index in [9.17, 15) is 14.7 Å². The van der Waals surface area contributed by atoms with E-state index in [0.717, 1.165) is 34.9 Å². The zero-order valence-corrected chi connectivity index (χ0v) is 18.1. The van der Waals surface area contributed by atoms with E-state index in [4.69, 9.17) is 24.9 Å². The molecule has 5 heterocycles. The molecule has 6 rings (SSSR count). The first-order valence-corrected chi connectivity index (χ1v) is 11.1. The number of carbonyl (C=O) groups excluding carboxylic acids is 1. The second kappa shape index (κ2) is 7.03. The highest BCUT2D eigenvalue weighted by Crippen LogP contribution is 2.43. The van der Waals surface area contributed by atoms with Crippen LogP contribution in [0.1, 0.15) is 42.0 Å². The first-order chi connectivity index (χ1) is 16.0. The van der Waals surface area contributed by atoms with Crippen LogP contribution in [0.4, 0.5) is 0 Å². The topological polar surface area (TPSA) is 126 Å². The van der Waals surface area contributed by atoms with Crippen molar-refractivity contribution >= 4 is 16.9 Å². The molecule has 1 atom stereocenters. The number of hydrogen-bond acceptors (Lipinski definition) is 8. The van der Waals surface area contributed by atoms with Crippen LogP contribution in [0.2, 0.25) is 0 Å². The van der Waals surface area contributed by atoms with Gasteiger partial charge in [0.15, 0.2) is 17.1 Å². The molecular weight excluding hydrogens is 426 g/mol. The maximum atomic E-state index is 13.4. The Bertz CT molecular complexity index is 1410. The number of aromatic nitrogens is 2. The summed E-state index contributed by atoms with van der Waals surface area (Å²) < 4.78 is 17.9. The number of rotatable bonds is 4. The number of esters is 1. The van der Waals surface area contributed by atoms with E-state index < -0.39 is 11.6 Å². The molecule has 0 amide bonds. The van der Waals surface area contributed by atoms with Gasteiger partial charge < -0.3 is 29.6 Å². The number of ether oxygens (including phenoxy) is 3. The zero-order chi connectivity index (χ0) is 22.9. The van der Waals surface area contributed by atoms with Crippen LogP contribution in [0.5, 0.6) is 11.5 Å². The fourth-order valence-electron chi connectivity index (χ4n) is 5.12. The Kier molecular flexibility index (Phi) is 4.30. The third-order valence-electron chi connectivity index (χ3n) is 6.93. The van der Waals surface area contributed by atoms with Gasteiger partial charge in [0, 0.05) is 22.6 Å². The van der Waals surface area contributed by atoms with Crippen LogP contribution in [-0.2, 0) is 34.7 Å². The summed E-state index contributed by atoms with van der Waals surface area (Å²) in [6.07, 6.45) is 1.60. The third-order valence-corrected chi connectivity index (χ3v) is 6.93. The smallest absolute Gasteiger partial charge is 0.343 e. The van der Waals surface area contributed by atoms with Gasteiger partial charge in [-0.1, -0.05) is 6.92 Å². The van der Waals surface area contributed by atoms with E-state index in [2.05, 4.69) is 0 Å². The summed E-state index contributed by atoms with van der Waals surface area (Å²) in [5, 5.41) is 12.0. The molecule has 9 nitrogen and oxygen atoms in total. The summed E-state index contributed by atoms with van der Waals surface area (Å²) in [7, 11) is 0. The van der Waals surface area contributed by atoms with Gasteiger partial charge in [-0.05, 0) is 43.5 Å². The molecule has 0 spiro atoms. The van der Waals surface area contributed by atoms with E-state index in [-0.39, 0.29) is 25.4 Å². The highest BCUT2D eigenvalue weighted by Gasteiger charge is 2.45. The van der Waals surface area contributed by atoms with Gasteiger partial charge in [0.05, 0.1) is 29.0 Å². The Morgan fingerprint density at radius 2 is 1.94 bits per heavy atom. The molecule has 0 fully saturated rings. The van der Waals surface area contributed by atoms with E-state index in [1.54, 1.807) is 17.6 Å². The van der Waals surface area contributed by atoms with Crippen molar-refractivity contribution in [3.05, 3.63) is 50.8 Å². The lowest BCUT2D eigenvalue weighted by Crippen LogP contribution is -2.44. The van der Waals surface area contributed by atoms with Crippen molar-refractivity contribution in [3.63, 3.8) is 0 Å². The van der Waals surface area contributed by atoms with Crippen molar-refractivity contribution in [1.29, 1.82) is 0 Å². The summed E-state index contributed by atoms with van der Waals surface area (Å²) in [5.41, 5.74) is 8.31. The average molecular weight is 449 g/mol. The first kappa shape index (κ1) is 20.2. The number of carbonyl (C=O) groups is 1. The average Bonchev–Trinajstić information content (AvgIpc) is 3.42. The minimum atomic E-state index is -1.85. The second-order valence-corrected chi connectivity index (χ2v) is 8.64. The fourth-order valence-corrected chi connectivity index (χ4v) is 5.12. The van der Waals surface area contributed by atoms with Gasteiger partial charge in [-0.15, -0.1) is 0 Å². The second-order valence-electron chi connectivity index (χ2n) is 8.64. The van der Waals surface area contributed by atoms with Gasteiger partial charge >= 0.3 is 5.97 Å². The summed E-state index contributed by atoms with van der Waals surface area (Å²) in [6.45, 7) is 2.59. The van der Waals surface area contributed by atoms with Crippen molar-refractivity contribution in [3.8, 4) is 22.9 Å². The molecule has 2 aromatic heterocycles. The highest BCUT2D eigenvalue weighted by molar-refractivity contribution is 5.91. The largest absolute Gasteiger partial charge is 0.458 e. The number of nitrogens with two attached hydrogens (primary N) is 1. The maximum Gasteiger partial charge on any atom is 0.343 e. The van der Waals surface area contributed by atoms with E-state index in [1.165, 1.54) is 0 Å². The van der Waals surface area contributed by atoms with Gasteiger partial charge in [-0.2, -0.15) is 0 Å². The van der Waals surface area contributed by atoms with Crippen molar-refractivity contribution in [2.45, 2.75) is 44.9 Å². The summed E-state index contributed by atoms with van der Waals surface area (Å²) in [4.78, 5) is 30.7. The number of nitrogens with zero attached hydrogens (tertiary/aromatic N) is 2. The molecule has 0 aliphatic carbocycles. The lowest BCUT2D eigenvalue weighted by molar-refractivity contribution is -0.172. The predicted molar refractivity (Wildman–Crippen MR) is 118 cm³/mol. The monoisotopic (exact) mass is 449 g/mol. The van der Waals surface area contributed by atoms with Crippen LogP contribution < -0.4 is 20.8 Å². The van der Waals surface area contributed by atoms with E-state index >= 15 is 0 Å². The van der Waals surface area contributed by atoms with Crippen molar-refractivity contribution < 1.29 is 24.1 Å². The normalized spacial score (nSPS) is 19.9. The molecule has 170 valence electrons. The maximum absolute atomic E-state index is 13.4. The van der Waals surface area contributed by atoms with E-state index in [1.807, 2.05) is 12.1 Å². The van der Waals surface area contributed by atoms with Crippen LogP contribution in [0.3, 0.4) is 0 Å². The molecule has 9 heteroatoms. The SMILES string of the molecule is CCC1(O)C(=O)OCc2c1cc1n(c2=O)Cc2c-1nc1cc3c(cc1c2CCCN)OCO3. The zero-order valence-electron chi connectivity index (χ0n) is 18.1. The third kappa shape index (κ3) is 2.69. The van der Waals surface area contributed by atoms with Crippen molar-refractivity contribution in [2.24, 2.45) is 5.73 Å². The quantitative estimate of drug-likeness (QED) is 0.451. The Morgan fingerprint density at radius 1 is 1.15 bits per heavy atom. The number of fused-ring (bicyclic) bond motifs is 6. The summed E-state index contributed by atoms with van der Waals surface area (Å²) in [5.74, 6) is 0.566. The Morgan fingerprint density at radius 3 is 2.70 bits per heavy atom. The van der Waals surface area contributed by atoms with Gasteiger partial charge in [-0.25, -0.2) is 9.78 Å². The van der Waals surface area contributed by atoms with Crippen LogP contribution in [0, 0.1) is 0 Å². The number of cyclic esters (lactones) is 1. The molecule has 3 aromatic rings. The van der Waals surface area contributed by atoms with Gasteiger partial charge in [0.2, 0.25) is 6.79 Å². The molecule has 0 radical (unpaired) electrons. The molecule has 3 aliphatic rings. The molecule has 3 aliphatic heterocycles. The molecule has 33 heavy (non-hydrogen) atoms. The van der Waals surface area contributed by atoms with Crippen molar-refractivity contribution in [2.75, 3.05) is 13.3 Å². The molecule has 1 unspecified atom stereocenters. The molecule has 0 saturated heterocycles. The standard InChI is InChI=1S/C24H23N3O6/c1-2-24(30)16-7-18-21-14(9-27(18)22(28)15(16)10-31-23(24)29)12(4-3-5-25)13-6-19-20(33-11-32-19)8-17(13)26-21/h6-8,30H,2-5,9-11,25H2,1H3. The molecule has 0 bridgehead atoms. The first-order valence-electron chi connectivity index (χ1n) is 11.1. The fraction of sp³-hybridized carbons (Fsp3) is 0.375. The lowest BCUT2D eigenvalue weighted by atomic mass is 9.86. The van der Waals surface area contributed by atoms with Gasteiger partial charge in [0.1, 0.15) is 6.61 Å². The number of benzene rings is 1. The number of aliphatic hydroxyl groups is 1. The highest BCUT2D eigenvalue weighted by atomic mass is 16.7. The van der Waals surface area contributed by atoms with Gasteiger partial charge in [-0.3, -0.25) is 4.79 Å². The Labute approximate surface area is 188 Å². The number of hydrogen-bond donors (Lipinski definition) is 2. The van der Waals surface area contributed by atoms with Crippen LogP contribution in [0.15, 0.2) is 23.0 Å². The predicted octanol–water partition coefficient (Wildman–Crippen LogP) is 1.70. The van der Waals surface area contributed by atoms with E-state index in [0.29, 0.717) is 47.1 Å². The van der Waals surface area contributed by atoms with Crippen LogP contribution >= 0.6 is 0 Å². The molecule has 1 aromatic carbocycles. The van der Waals surface area contributed by atoms with Crippen LogP contribution in [-0.4, -0.2) is 34.0 Å². The minimum absolute atomic E-state index is 0.102. The minimum Gasteiger partial charge on any atom is -0.458 e. The van der Waals surface area contributed by atoms with Crippen molar-refractivity contribution in [1.82, 2.24) is 9.55 Å². The summed E-state index contributed by atoms with van der Waals surface area (Å²) in [6, 6.07) is 5.52.